The molecule has 8 nitrogen and oxygen atoms in total. The van der Waals surface area contributed by atoms with Crippen molar-refractivity contribution in [2.45, 2.75) is 10.9 Å². The molecule has 0 saturated carbocycles. The molecule has 2 aromatic rings. The maximum absolute atomic E-state index is 10.6. The average molecular weight is 294 g/mol. The predicted molar refractivity (Wildman–Crippen MR) is 72.5 cm³/mol. The van der Waals surface area contributed by atoms with Crippen molar-refractivity contribution in [2.75, 3.05) is 0 Å². The van der Waals surface area contributed by atoms with E-state index in [-0.39, 0.29) is 11.5 Å². The number of aromatic nitrogens is 2. The fourth-order valence-corrected chi connectivity index (χ4v) is 2.42. The number of benzene rings is 1. The number of nitro benzene ring substituents is 1. The molecule has 0 N–H and O–H groups in total. The molecule has 2 rings (SSSR count). The van der Waals surface area contributed by atoms with Gasteiger partial charge < -0.3 is 14.7 Å². The summed E-state index contributed by atoms with van der Waals surface area (Å²) in [5, 5.41) is 21.6. The van der Waals surface area contributed by atoms with Gasteiger partial charge in [0.05, 0.1) is 4.92 Å². The molecule has 104 valence electrons. The first-order valence-electron chi connectivity index (χ1n) is 5.51. The summed E-state index contributed by atoms with van der Waals surface area (Å²) in [6.07, 6.45) is 1.35. The fourth-order valence-electron chi connectivity index (χ4n) is 1.52. The first-order chi connectivity index (χ1) is 9.47. The first-order valence-corrected chi connectivity index (χ1v) is 6.50. The van der Waals surface area contributed by atoms with Crippen LogP contribution >= 0.6 is 11.8 Å². The van der Waals surface area contributed by atoms with E-state index >= 15 is 0 Å². The number of hydrogen-bond acceptors (Lipinski definition) is 6. The zero-order valence-electron chi connectivity index (χ0n) is 10.4. The van der Waals surface area contributed by atoms with Crippen LogP contribution in [-0.4, -0.2) is 19.4 Å². The van der Waals surface area contributed by atoms with E-state index in [0.29, 0.717) is 10.9 Å². The predicted octanol–water partition coefficient (Wildman–Crippen LogP) is 2.53. The maximum Gasteiger partial charge on any atom is 0.382 e. The van der Waals surface area contributed by atoms with Crippen molar-refractivity contribution in [3.63, 3.8) is 0 Å². The molecule has 0 aliphatic rings. The number of thioether (sulfide) groups is 1. The number of non-ortho nitro benzene ring substituents is 1. The van der Waals surface area contributed by atoms with Crippen molar-refractivity contribution in [1.29, 1.82) is 0 Å². The van der Waals surface area contributed by atoms with Gasteiger partial charge in [-0.25, -0.2) is 0 Å². The van der Waals surface area contributed by atoms with Crippen LogP contribution in [0.5, 0.6) is 0 Å². The van der Waals surface area contributed by atoms with E-state index in [1.54, 1.807) is 23.7 Å². The van der Waals surface area contributed by atoms with Crippen LogP contribution in [-0.2, 0) is 12.8 Å². The number of aryl methyl sites for hydroxylation is 1. The Labute approximate surface area is 117 Å². The van der Waals surface area contributed by atoms with Crippen molar-refractivity contribution >= 4 is 23.3 Å². The number of hydrogen-bond donors (Lipinski definition) is 0. The largest absolute Gasteiger partial charge is 0.382 e. The van der Waals surface area contributed by atoms with Gasteiger partial charge in [-0.2, -0.15) is 0 Å². The van der Waals surface area contributed by atoms with Gasteiger partial charge in [-0.05, 0) is 15.5 Å². The second kappa shape index (κ2) is 5.70. The molecule has 9 heteroatoms. The molecule has 1 aromatic carbocycles. The highest BCUT2D eigenvalue weighted by Crippen LogP contribution is 2.24. The lowest BCUT2D eigenvalue weighted by atomic mass is 10.2. The van der Waals surface area contributed by atoms with E-state index in [4.69, 9.17) is 0 Å². The van der Waals surface area contributed by atoms with Gasteiger partial charge in [0.25, 0.3) is 10.8 Å². The van der Waals surface area contributed by atoms with Gasteiger partial charge in [0, 0.05) is 24.9 Å². The quantitative estimate of drug-likeness (QED) is 0.476. The summed E-state index contributed by atoms with van der Waals surface area (Å²) < 4.78 is 1.58. The molecule has 0 fully saturated rings. The number of rotatable bonds is 5. The highest BCUT2D eigenvalue weighted by Gasteiger charge is 2.17. The van der Waals surface area contributed by atoms with Crippen LogP contribution in [0.1, 0.15) is 5.56 Å². The smallest absolute Gasteiger partial charge is 0.358 e. The summed E-state index contributed by atoms with van der Waals surface area (Å²) in [6.45, 7) is 0. The fraction of sp³-hybridized carbons (Fsp3) is 0.182. The summed E-state index contributed by atoms with van der Waals surface area (Å²) in [6, 6.07) is 6.17. The molecule has 0 aliphatic heterocycles. The van der Waals surface area contributed by atoms with Crippen LogP contribution in [0.4, 0.5) is 11.5 Å². The molecule has 1 aromatic heterocycles. The van der Waals surface area contributed by atoms with Gasteiger partial charge in [-0.15, -0.1) is 0 Å². The molecule has 0 spiro atoms. The Bertz CT molecular complexity index is 653. The molecule has 0 unspecified atom stereocenters. The van der Waals surface area contributed by atoms with Crippen LogP contribution in [0.2, 0.25) is 0 Å². The van der Waals surface area contributed by atoms with Gasteiger partial charge >= 0.3 is 5.82 Å². The molecular weight excluding hydrogens is 284 g/mol. The van der Waals surface area contributed by atoms with Crippen molar-refractivity contribution < 1.29 is 9.85 Å². The maximum atomic E-state index is 10.6. The zero-order valence-corrected chi connectivity index (χ0v) is 11.2. The van der Waals surface area contributed by atoms with Crippen molar-refractivity contribution in [1.82, 2.24) is 9.55 Å². The molecule has 0 saturated heterocycles. The van der Waals surface area contributed by atoms with E-state index in [9.17, 15) is 20.2 Å². The van der Waals surface area contributed by atoms with Gasteiger partial charge in [-0.1, -0.05) is 23.9 Å². The minimum Gasteiger partial charge on any atom is -0.358 e. The average Bonchev–Trinajstić information content (AvgIpc) is 2.78. The van der Waals surface area contributed by atoms with Crippen LogP contribution in [0.15, 0.2) is 35.6 Å². The Balaban J connectivity index is 2.05. The van der Waals surface area contributed by atoms with Crippen molar-refractivity contribution in [2.24, 2.45) is 7.05 Å². The Kier molecular flexibility index (Phi) is 3.99. The molecule has 1 heterocycles. The lowest BCUT2D eigenvalue weighted by molar-refractivity contribution is -0.389. The van der Waals surface area contributed by atoms with Gasteiger partial charge in [0.2, 0.25) is 0 Å². The third-order valence-corrected chi connectivity index (χ3v) is 3.64. The minimum absolute atomic E-state index is 0.0337. The van der Waals surface area contributed by atoms with E-state index < -0.39 is 9.85 Å². The molecule has 0 aliphatic carbocycles. The van der Waals surface area contributed by atoms with Crippen LogP contribution in [0.25, 0.3) is 0 Å². The van der Waals surface area contributed by atoms with E-state index in [1.165, 1.54) is 30.1 Å². The normalized spacial score (nSPS) is 10.4. The minimum atomic E-state index is -0.546. The van der Waals surface area contributed by atoms with E-state index in [1.807, 2.05) is 0 Å². The monoisotopic (exact) mass is 294 g/mol. The van der Waals surface area contributed by atoms with Crippen LogP contribution in [0, 0.1) is 20.2 Å². The topological polar surface area (TPSA) is 104 Å². The van der Waals surface area contributed by atoms with E-state index in [0.717, 1.165) is 5.56 Å². The van der Waals surface area contributed by atoms with Gasteiger partial charge in [0.15, 0.2) is 0 Å². The Morgan fingerprint density at radius 1 is 1.20 bits per heavy atom. The standard InChI is InChI=1S/C11H10N4O4S/c1-13-6-10(15(18)19)12-11(13)20-7-8-2-4-9(5-3-8)14(16)17/h2-6H,7H2,1H3. The van der Waals surface area contributed by atoms with Gasteiger partial charge in [0.1, 0.15) is 6.20 Å². The summed E-state index contributed by atoms with van der Waals surface area (Å²) in [5.41, 5.74) is 0.914. The molecule has 20 heavy (non-hydrogen) atoms. The summed E-state index contributed by atoms with van der Waals surface area (Å²) in [7, 11) is 1.68. The second-order valence-electron chi connectivity index (χ2n) is 3.96. The summed E-state index contributed by atoms with van der Waals surface area (Å²) in [5.74, 6) is 0.332. The Morgan fingerprint density at radius 2 is 1.85 bits per heavy atom. The Morgan fingerprint density at radius 3 is 2.35 bits per heavy atom. The molecule has 0 bridgehead atoms. The highest BCUT2D eigenvalue weighted by atomic mass is 32.2. The number of imidazole rings is 1. The molecule has 0 atom stereocenters. The second-order valence-corrected chi connectivity index (χ2v) is 4.90. The third kappa shape index (κ3) is 3.12. The van der Waals surface area contributed by atoms with Crippen molar-refractivity contribution in [3.8, 4) is 0 Å². The van der Waals surface area contributed by atoms with E-state index in [2.05, 4.69) is 4.98 Å². The third-order valence-electron chi connectivity index (χ3n) is 2.52. The SMILES string of the molecule is Cn1cc([N+](=O)[O-])nc1SCc1ccc([N+](=O)[O-])cc1. The Hall–Kier alpha value is -2.42. The lowest BCUT2D eigenvalue weighted by Crippen LogP contribution is -1.91. The highest BCUT2D eigenvalue weighted by molar-refractivity contribution is 7.98. The van der Waals surface area contributed by atoms with Crippen LogP contribution < -0.4 is 0 Å². The van der Waals surface area contributed by atoms with Crippen molar-refractivity contribution in [3.05, 3.63) is 56.3 Å². The number of nitro groups is 2. The summed E-state index contributed by atoms with van der Waals surface area (Å²) in [4.78, 5) is 24.0. The first kappa shape index (κ1) is 14.0. The number of nitrogens with zero attached hydrogens (tertiary/aromatic N) is 4. The summed E-state index contributed by atoms with van der Waals surface area (Å²) >= 11 is 1.33. The molecule has 0 amide bonds. The van der Waals surface area contributed by atoms with Crippen LogP contribution in [0.3, 0.4) is 0 Å². The zero-order chi connectivity index (χ0) is 14.7. The molecular formula is C11H10N4O4S. The lowest BCUT2D eigenvalue weighted by Gasteiger charge is -1.99. The van der Waals surface area contributed by atoms with Gasteiger partial charge in [-0.3, -0.25) is 10.1 Å². The molecule has 0 radical (unpaired) electrons.